The van der Waals surface area contributed by atoms with E-state index in [4.69, 9.17) is 11.6 Å². The van der Waals surface area contributed by atoms with Crippen LogP contribution in [0.5, 0.6) is 0 Å². The summed E-state index contributed by atoms with van der Waals surface area (Å²) in [6.45, 7) is 1.81. The summed E-state index contributed by atoms with van der Waals surface area (Å²) in [4.78, 5) is 0.0394. The lowest BCUT2D eigenvalue weighted by Crippen LogP contribution is -2.19. The number of nitrogens with zero attached hydrogens (tertiary/aromatic N) is 1. The van der Waals surface area contributed by atoms with E-state index in [1.807, 2.05) is 6.92 Å². The summed E-state index contributed by atoms with van der Waals surface area (Å²) in [6, 6.07) is 11.2. The molecule has 114 valence electrons. The van der Waals surface area contributed by atoms with Gasteiger partial charge < -0.3 is 5.32 Å². The molecular formula is C15H12ClFN2O2S. The fourth-order valence-electron chi connectivity index (χ4n) is 2.53. The van der Waals surface area contributed by atoms with Gasteiger partial charge >= 0.3 is 0 Å². The Kier molecular flexibility index (Phi) is 3.66. The van der Waals surface area contributed by atoms with Crippen molar-refractivity contribution in [2.45, 2.75) is 17.7 Å². The highest BCUT2D eigenvalue weighted by Gasteiger charge is 2.28. The van der Waals surface area contributed by atoms with Gasteiger partial charge in [-0.3, -0.25) is 0 Å². The number of amidine groups is 1. The normalized spacial score (nSPS) is 17.1. The maximum Gasteiger partial charge on any atom is 0.287 e. The topological polar surface area (TPSA) is 58.5 Å². The Hall–Kier alpha value is -1.92. The number of sulfonamides is 1. The fraction of sp³-hybridized carbons (Fsp3) is 0.133. The molecule has 1 aliphatic heterocycles. The Labute approximate surface area is 132 Å². The molecule has 3 rings (SSSR count). The van der Waals surface area contributed by atoms with Crippen LogP contribution in [-0.2, 0) is 10.0 Å². The van der Waals surface area contributed by atoms with Gasteiger partial charge in [0.15, 0.2) is 0 Å². The number of hydrogen-bond donors (Lipinski definition) is 1. The molecule has 2 aromatic rings. The van der Waals surface area contributed by atoms with Crippen LogP contribution in [0.1, 0.15) is 24.0 Å². The highest BCUT2D eigenvalue weighted by Crippen LogP contribution is 2.37. The highest BCUT2D eigenvalue weighted by atomic mass is 35.5. The summed E-state index contributed by atoms with van der Waals surface area (Å²) in [7, 11) is -3.84. The molecule has 1 N–H and O–H groups in total. The minimum Gasteiger partial charge on any atom is -0.328 e. The Balaban J connectivity index is 2.18. The maximum absolute atomic E-state index is 14.0. The zero-order valence-corrected chi connectivity index (χ0v) is 13.1. The lowest BCUT2D eigenvalue weighted by molar-refractivity contribution is 0.597. The summed E-state index contributed by atoms with van der Waals surface area (Å²) >= 11 is 5.77. The summed E-state index contributed by atoms with van der Waals surface area (Å²) < 4.78 is 41.6. The number of halogens is 2. The van der Waals surface area contributed by atoms with E-state index < -0.39 is 10.0 Å². The third-order valence-electron chi connectivity index (χ3n) is 3.60. The minimum absolute atomic E-state index is 0.0394. The van der Waals surface area contributed by atoms with Crippen molar-refractivity contribution in [3.8, 4) is 0 Å². The van der Waals surface area contributed by atoms with Crippen molar-refractivity contribution < 1.29 is 12.8 Å². The summed E-state index contributed by atoms with van der Waals surface area (Å²) in [6.07, 6.45) is 0. The van der Waals surface area contributed by atoms with E-state index in [0.717, 1.165) is 0 Å². The van der Waals surface area contributed by atoms with E-state index in [0.29, 0.717) is 16.8 Å². The molecule has 1 heterocycles. The fourth-order valence-corrected chi connectivity index (χ4v) is 3.93. The van der Waals surface area contributed by atoms with E-state index in [1.54, 1.807) is 30.3 Å². The van der Waals surface area contributed by atoms with Gasteiger partial charge in [0.05, 0.1) is 5.69 Å². The number of hydrogen-bond acceptors (Lipinski definition) is 3. The van der Waals surface area contributed by atoms with E-state index in [2.05, 4.69) is 9.71 Å². The van der Waals surface area contributed by atoms with Gasteiger partial charge in [-0.15, -0.1) is 4.40 Å². The van der Waals surface area contributed by atoms with Crippen LogP contribution in [-0.4, -0.2) is 13.7 Å². The number of anilines is 1. The third-order valence-corrected chi connectivity index (χ3v) is 5.20. The first-order chi connectivity index (χ1) is 10.4. The Morgan fingerprint density at radius 2 is 1.82 bits per heavy atom. The van der Waals surface area contributed by atoms with Gasteiger partial charge in [0.25, 0.3) is 10.0 Å². The molecule has 0 spiro atoms. The largest absolute Gasteiger partial charge is 0.328 e. The van der Waals surface area contributed by atoms with Crippen molar-refractivity contribution in [2.75, 3.05) is 5.32 Å². The standard InChI is InChI=1S/C15H12ClFN2O2S/c1-9(10-5-2-3-7-12(10)17)11-6-4-8-13-14(11)18-15(16)19-22(13,20)21/h2-9H,1H3,(H,18,19). The SMILES string of the molecule is CC(c1ccccc1F)c1cccc2c1NC(Cl)=NS2(=O)=O. The van der Waals surface area contributed by atoms with E-state index >= 15 is 0 Å². The van der Waals surface area contributed by atoms with Crippen LogP contribution in [0.4, 0.5) is 10.1 Å². The second-order valence-corrected chi connectivity index (χ2v) is 6.88. The van der Waals surface area contributed by atoms with Crippen LogP contribution >= 0.6 is 11.6 Å². The van der Waals surface area contributed by atoms with Crippen molar-refractivity contribution in [3.63, 3.8) is 0 Å². The van der Waals surface area contributed by atoms with E-state index in [-0.39, 0.29) is 21.9 Å². The predicted molar refractivity (Wildman–Crippen MR) is 84.5 cm³/mol. The van der Waals surface area contributed by atoms with Crippen molar-refractivity contribution in [2.24, 2.45) is 4.40 Å². The van der Waals surface area contributed by atoms with Gasteiger partial charge in [0.2, 0.25) is 5.29 Å². The van der Waals surface area contributed by atoms with Gasteiger partial charge in [0, 0.05) is 5.92 Å². The molecule has 0 aliphatic carbocycles. The summed E-state index contributed by atoms with van der Waals surface area (Å²) in [5.74, 6) is -0.688. The number of rotatable bonds is 2. The molecule has 0 bridgehead atoms. The van der Waals surface area contributed by atoms with Gasteiger partial charge in [-0.2, -0.15) is 8.42 Å². The number of para-hydroxylation sites is 1. The second kappa shape index (κ2) is 5.37. The molecule has 22 heavy (non-hydrogen) atoms. The smallest absolute Gasteiger partial charge is 0.287 e. The van der Waals surface area contributed by atoms with Gasteiger partial charge in [-0.1, -0.05) is 37.3 Å². The molecule has 1 atom stereocenters. The summed E-state index contributed by atoms with van der Waals surface area (Å²) in [5.41, 5.74) is 1.46. The predicted octanol–water partition coefficient (Wildman–Crippen LogP) is 3.69. The van der Waals surface area contributed by atoms with Crippen molar-refractivity contribution >= 4 is 32.6 Å². The Morgan fingerprint density at radius 3 is 2.55 bits per heavy atom. The minimum atomic E-state index is -3.84. The molecule has 0 saturated carbocycles. The average molecular weight is 339 g/mol. The van der Waals surface area contributed by atoms with Crippen LogP contribution in [0, 0.1) is 5.82 Å². The van der Waals surface area contributed by atoms with Crippen LogP contribution in [0.25, 0.3) is 0 Å². The van der Waals surface area contributed by atoms with Crippen LogP contribution in [0.2, 0.25) is 0 Å². The molecule has 0 fully saturated rings. The zero-order chi connectivity index (χ0) is 15.9. The lowest BCUT2D eigenvalue weighted by atomic mass is 9.91. The first-order valence-corrected chi connectivity index (χ1v) is 8.37. The van der Waals surface area contributed by atoms with Crippen LogP contribution in [0.15, 0.2) is 51.8 Å². The lowest BCUT2D eigenvalue weighted by Gasteiger charge is -2.22. The molecule has 7 heteroatoms. The molecule has 2 aromatic carbocycles. The van der Waals surface area contributed by atoms with Crippen LogP contribution in [0.3, 0.4) is 0 Å². The molecule has 0 aromatic heterocycles. The van der Waals surface area contributed by atoms with Gasteiger partial charge in [0.1, 0.15) is 10.7 Å². The molecule has 0 amide bonds. The summed E-state index contributed by atoms with van der Waals surface area (Å²) in [5, 5.41) is 2.55. The monoisotopic (exact) mass is 338 g/mol. The molecule has 4 nitrogen and oxygen atoms in total. The maximum atomic E-state index is 14.0. The highest BCUT2D eigenvalue weighted by molar-refractivity contribution is 7.90. The molecule has 0 radical (unpaired) electrons. The Morgan fingerprint density at radius 1 is 1.14 bits per heavy atom. The van der Waals surface area contributed by atoms with Gasteiger partial charge in [-0.05, 0) is 34.9 Å². The second-order valence-electron chi connectivity index (χ2n) is 4.95. The van der Waals surface area contributed by atoms with Crippen molar-refractivity contribution in [1.29, 1.82) is 0 Å². The van der Waals surface area contributed by atoms with Crippen molar-refractivity contribution in [1.82, 2.24) is 0 Å². The van der Waals surface area contributed by atoms with E-state index in [9.17, 15) is 12.8 Å². The number of fused-ring (bicyclic) bond motifs is 1. The van der Waals surface area contributed by atoms with Crippen LogP contribution < -0.4 is 5.32 Å². The average Bonchev–Trinajstić information content (AvgIpc) is 2.45. The third kappa shape index (κ3) is 2.48. The molecule has 1 aliphatic rings. The molecule has 0 saturated heterocycles. The van der Waals surface area contributed by atoms with Gasteiger partial charge in [-0.25, -0.2) is 4.39 Å². The number of nitrogens with one attached hydrogen (secondary N) is 1. The molecule has 1 unspecified atom stereocenters. The Bertz CT molecular complexity index is 881. The van der Waals surface area contributed by atoms with Crippen molar-refractivity contribution in [3.05, 3.63) is 59.4 Å². The quantitative estimate of drug-likeness (QED) is 0.850. The first-order valence-electron chi connectivity index (χ1n) is 6.55. The van der Waals surface area contributed by atoms with E-state index in [1.165, 1.54) is 12.1 Å². The molecular weight excluding hydrogens is 327 g/mol. The number of benzene rings is 2. The zero-order valence-electron chi connectivity index (χ0n) is 11.5. The first kappa shape index (κ1) is 15.0.